The molecular weight excluding hydrogens is 305 g/mol. The monoisotopic (exact) mass is 314 g/mol. The van der Waals surface area contributed by atoms with Gasteiger partial charge in [-0.1, -0.05) is 11.8 Å². The van der Waals surface area contributed by atoms with E-state index in [-0.39, 0.29) is 11.3 Å². The number of pyridine rings is 1. The standard InChI is InChI=1S/C13H9F3N2O2S/c1-6-4-9-11(12(19)17-6)21-10-5-7(20-13(14,15)16)2-3-8(10)18-9/h2-5,18H,1H3,(H,17,19). The van der Waals surface area contributed by atoms with E-state index in [1.807, 2.05) is 0 Å². The van der Waals surface area contributed by atoms with E-state index in [2.05, 4.69) is 15.0 Å². The van der Waals surface area contributed by atoms with Crippen LogP contribution in [0.3, 0.4) is 0 Å². The van der Waals surface area contributed by atoms with E-state index < -0.39 is 6.36 Å². The molecule has 4 nitrogen and oxygen atoms in total. The van der Waals surface area contributed by atoms with Gasteiger partial charge in [0.15, 0.2) is 0 Å². The number of hydrogen-bond acceptors (Lipinski definition) is 4. The Morgan fingerprint density at radius 3 is 2.67 bits per heavy atom. The number of benzene rings is 1. The molecule has 110 valence electrons. The molecule has 0 saturated heterocycles. The van der Waals surface area contributed by atoms with Gasteiger partial charge in [-0.2, -0.15) is 0 Å². The molecule has 2 N–H and O–H groups in total. The highest BCUT2D eigenvalue weighted by molar-refractivity contribution is 7.99. The summed E-state index contributed by atoms with van der Waals surface area (Å²) in [7, 11) is 0. The van der Waals surface area contributed by atoms with Crippen LogP contribution in [0, 0.1) is 6.92 Å². The van der Waals surface area contributed by atoms with E-state index in [0.717, 1.165) is 11.8 Å². The topological polar surface area (TPSA) is 54.1 Å². The Bertz CT molecular complexity index is 771. The SMILES string of the molecule is Cc1cc2c(c(=O)[nH]1)Sc1cc(OC(F)(F)F)ccc1N2. The van der Waals surface area contributed by atoms with Crippen molar-refractivity contribution in [3.8, 4) is 5.75 Å². The van der Waals surface area contributed by atoms with E-state index in [4.69, 9.17) is 0 Å². The highest BCUT2D eigenvalue weighted by atomic mass is 32.2. The number of rotatable bonds is 1. The normalized spacial score (nSPS) is 13.1. The lowest BCUT2D eigenvalue weighted by Gasteiger charge is -2.21. The molecule has 0 spiro atoms. The molecule has 2 aromatic rings. The third-order valence-corrected chi connectivity index (χ3v) is 3.96. The van der Waals surface area contributed by atoms with E-state index in [1.165, 1.54) is 18.2 Å². The zero-order chi connectivity index (χ0) is 15.2. The largest absolute Gasteiger partial charge is 0.573 e. The number of aromatic amines is 1. The summed E-state index contributed by atoms with van der Waals surface area (Å²) in [4.78, 5) is 15.4. The zero-order valence-corrected chi connectivity index (χ0v) is 11.5. The van der Waals surface area contributed by atoms with Crippen LogP contribution < -0.4 is 15.6 Å². The number of aryl methyl sites for hydroxylation is 1. The maximum atomic E-state index is 12.2. The fraction of sp³-hybridized carbons (Fsp3) is 0.154. The Morgan fingerprint density at radius 1 is 1.19 bits per heavy atom. The van der Waals surface area contributed by atoms with Crippen LogP contribution in [-0.4, -0.2) is 11.3 Å². The van der Waals surface area contributed by atoms with Crippen molar-refractivity contribution in [3.05, 3.63) is 40.3 Å². The Labute approximate surface area is 121 Å². The summed E-state index contributed by atoms with van der Waals surface area (Å²) in [5.41, 5.74) is 1.69. The average molecular weight is 314 g/mol. The number of ether oxygens (including phenoxy) is 1. The zero-order valence-electron chi connectivity index (χ0n) is 10.7. The van der Waals surface area contributed by atoms with Crippen molar-refractivity contribution >= 4 is 23.1 Å². The molecule has 0 amide bonds. The van der Waals surface area contributed by atoms with Crippen LogP contribution in [0.4, 0.5) is 24.5 Å². The average Bonchev–Trinajstić information content (AvgIpc) is 2.35. The van der Waals surface area contributed by atoms with Crippen molar-refractivity contribution < 1.29 is 17.9 Å². The third-order valence-electron chi connectivity index (χ3n) is 2.79. The van der Waals surface area contributed by atoms with Crippen LogP contribution in [0.15, 0.2) is 38.9 Å². The van der Waals surface area contributed by atoms with Crippen molar-refractivity contribution in [1.82, 2.24) is 4.98 Å². The van der Waals surface area contributed by atoms with Crippen LogP contribution >= 0.6 is 11.8 Å². The number of fused-ring (bicyclic) bond motifs is 2. The Morgan fingerprint density at radius 2 is 1.95 bits per heavy atom. The minimum Gasteiger partial charge on any atom is -0.406 e. The molecule has 0 atom stereocenters. The van der Waals surface area contributed by atoms with Gasteiger partial charge < -0.3 is 15.0 Å². The van der Waals surface area contributed by atoms with Crippen LogP contribution in [-0.2, 0) is 0 Å². The first-order valence-corrected chi connectivity index (χ1v) is 6.72. The maximum Gasteiger partial charge on any atom is 0.573 e. The van der Waals surface area contributed by atoms with Gasteiger partial charge in [0.1, 0.15) is 10.6 Å². The van der Waals surface area contributed by atoms with Crippen LogP contribution in [0.1, 0.15) is 5.69 Å². The van der Waals surface area contributed by atoms with Gasteiger partial charge >= 0.3 is 6.36 Å². The lowest BCUT2D eigenvalue weighted by molar-refractivity contribution is -0.274. The molecule has 8 heteroatoms. The molecule has 1 aliphatic rings. The molecule has 0 fully saturated rings. The van der Waals surface area contributed by atoms with Crippen molar-refractivity contribution in [3.63, 3.8) is 0 Å². The van der Waals surface area contributed by atoms with E-state index in [0.29, 0.717) is 26.9 Å². The first-order chi connectivity index (χ1) is 9.82. The van der Waals surface area contributed by atoms with E-state index in [9.17, 15) is 18.0 Å². The van der Waals surface area contributed by atoms with Crippen molar-refractivity contribution in [2.75, 3.05) is 5.32 Å². The number of anilines is 2. The molecule has 0 bridgehead atoms. The first kappa shape index (κ1) is 13.9. The molecule has 1 aromatic heterocycles. The summed E-state index contributed by atoms with van der Waals surface area (Å²) < 4.78 is 40.5. The van der Waals surface area contributed by atoms with Crippen LogP contribution in [0.25, 0.3) is 0 Å². The quantitative estimate of drug-likeness (QED) is 0.717. The first-order valence-electron chi connectivity index (χ1n) is 5.90. The highest BCUT2D eigenvalue weighted by Gasteiger charge is 2.31. The second kappa shape index (κ2) is 4.73. The molecule has 0 radical (unpaired) electrons. The van der Waals surface area contributed by atoms with Gasteiger partial charge in [0.2, 0.25) is 0 Å². The molecule has 0 unspecified atom stereocenters. The van der Waals surface area contributed by atoms with Crippen LogP contribution in [0.5, 0.6) is 5.75 Å². The molecule has 2 heterocycles. The number of nitrogens with one attached hydrogen (secondary N) is 2. The lowest BCUT2D eigenvalue weighted by Crippen LogP contribution is -2.18. The number of H-pyrrole nitrogens is 1. The second-order valence-corrected chi connectivity index (χ2v) is 5.51. The van der Waals surface area contributed by atoms with Crippen LogP contribution in [0.2, 0.25) is 0 Å². The summed E-state index contributed by atoms with van der Waals surface area (Å²) in [6.45, 7) is 1.75. The lowest BCUT2D eigenvalue weighted by atomic mass is 10.2. The van der Waals surface area contributed by atoms with Gasteiger partial charge in [0.05, 0.1) is 11.4 Å². The molecule has 0 aliphatic carbocycles. The smallest absolute Gasteiger partial charge is 0.406 e. The van der Waals surface area contributed by atoms with Gasteiger partial charge in [-0.25, -0.2) is 0 Å². The molecule has 3 rings (SSSR count). The molecule has 1 aromatic carbocycles. The second-order valence-electron chi connectivity index (χ2n) is 4.46. The van der Waals surface area contributed by atoms with Gasteiger partial charge in [0, 0.05) is 10.6 Å². The fourth-order valence-corrected chi connectivity index (χ4v) is 3.00. The minimum atomic E-state index is -4.74. The third kappa shape index (κ3) is 2.85. The Hall–Kier alpha value is -2.09. The van der Waals surface area contributed by atoms with Crippen molar-refractivity contribution in [1.29, 1.82) is 0 Å². The summed E-state index contributed by atoms with van der Waals surface area (Å²) in [5, 5.41) is 3.03. The number of alkyl halides is 3. The van der Waals surface area contributed by atoms with Gasteiger partial charge in [0.25, 0.3) is 5.56 Å². The van der Waals surface area contributed by atoms with E-state index >= 15 is 0 Å². The number of halogens is 3. The Balaban J connectivity index is 1.98. The molecule has 21 heavy (non-hydrogen) atoms. The predicted molar refractivity (Wildman–Crippen MR) is 72.3 cm³/mol. The summed E-state index contributed by atoms with van der Waals surface area (Å²) in [6, 6.07) is 5.74. The van der Waals surface area contributed by atoms with Gasteiger partial charge in [-0.3, -0.25) is 4.79 Å². The summed E-state index contributed by atoms with van der Waals surface area (Å²) in [6.07, 6.45) is -4.74. The number of hydrogen-bond donors (Lipinski definition) is 2. The highest BCUT2D eigenvalue weighted by Crippen LogP contribution is 2.44. The predicted octanol–water partition coefficient (Wildman–Crippen LogP) is 3.79. The molecular formula is C13H9F3N2O2S. The maximum absolute atomic E-state index is 12.2. The fourth-order valence-electron chi connectivity index (χ4n) is 2.01. The Kier molecular flexibility index (Phi) is 3.12. The molecule has 1 aliphatic heterocycles. The molecule has 0 saturated carbocycles. The minimum absolute atomic E-state index is 0.282. The van der Waals surface area contributed by atoms with E-state index in [1.54, 1.807) is 13.0 Å². The number of aromatic nitrogens is 1. The van der Waals surface area contributed by atoms with Gasteiger partial charge in [-0.05, 0) is 31.2 Å². The van der Waals surface area contributed by atoms with Gasteiger partial charge in [-0.15, -0.1) is 13.2 Å². The van der Waals surface area contributed by atoms with Crippen molar-refractivity contribution in [2.24, 2.45) is 0 Å². The summed E-state index contributed by atoms with van der Waals surface area (Å²) in [5.74, 6) is -0.317. The van der Waals surface area contributed by atoms with Crippen molar-refractivity contribution in [2.45, 2.75) is 23.1 Å². The summed E-state index contributed by atoms with van der Waals surface area (Å²) >= 11 is 1.10.